The Morgan fingerprint density at radius 1 is 1.37 bits per heavy atom. The number of aromatic nitrogens is 2. The maximum atomic E-state index is 12.3. The van der Waals surface area contributed by atoms with Gasteiger partial charge in [-0.25, -0.2) is 9.78 Å². The van der Waals surface area contributed by atoms with Crippen LogP contribution in [0.4, 0.5) is 11.4 Å². The van der Waals surface area contributed by atoms with Gasteiger partial charge in [-0.3, -0.25) is 4.79 Å². The van der Waals surface area contributed by atoms with E-state index < -0.39 is 17.5 Å². The number of nitrogens with one attached hydrogen (secondary N) is 2. The van der Waals surface area contributed by atoms with Crippen LogP contribution in [0.1, 0.15) is 31.3 Å². The number of aryl methyl sites for hydroxylation is 1. The molecular weight excluding hydrogens is 352 g/mol. The van der Waals surface area contributed by atoms with Gasteiger partial charge in [0, 0.05) is 19.5 Å². The van der Waals surface area contributed by atoms with Gasteiger partial charge in [-0.1, -0.05) is 0 Å². The zero-order valence-corrected chi connectivity index (χ0v) is 16.4. The van der Waals surface area contributed by atoms with Crippen molar-refractivity contribution in [2.24, 2.45) is 7.05 Å². The number of hydrogen-bond acceptors (Lipinski definition) is 7. The van der Waals surface area contributed by atoms with Gasteiger partial charge in [0.05, 0.1) is 36.3 Å². The second-order valence-electron chi connectivity index (χ2n) is 6.87. The molecule has 2 aromatic heterocycles. The van der Waals surface area contributed by atoms with Crippen molar-refractivity contribution in [3.05, 3.63) is 18.0 Å². The van der Waals surface area contributed by atoms with Crippen LogP contribution in [0.3, 0.4) is 0 Å². The van der Waals surface area contributed by atoms with Crippen LogP contribution in [0.5, 0.6) is 0 Å². The van der Waals surface area contributed by atoms with E-state index in [1.807, 2.05) is 6.92 Å². The molecule has 9 heteroatoms. The van der Waals surface area contributed by atoms with Crippen molar-refractivity contribution >= 4 is 34.3 Å². The first-order valence-corrected chi connectivity index (χ1v) is 8.44. The standard InChI is InChI=1S/C18H26N4O5/c1-10(18(2,3)25)20-11-7-12-14(21-13(23)9-26-5)15(17(24)27-6)22(4)16(12)19-8-11/h7-8,10,20,25H,9H2,1-6H3,(H,21,23)/t10-/m0/s1. The summed E-state index contributed by atoms with van der Waals surface area (Å²) in [6, 6.07) is 1.51. The van der Waals surface area contributed by atoms with E-state index in [4.69, 9.17) is 9.47 Å². The highest BCUT2D eigenvalue weighted by Gasteiger charge is 2.26. The minimum Gasteiger partial charge on any atom is -0.464 e. The first kappa shape index (κ1) is 20.7. The van der Waals surface area contributed by atoms with Crippen molar-refractivity contribution in [1.29, 1.82) is 0 Å². The van der Waals surface area contributed by atoms with Crippen LogP contribution < -0.4 is 10.6 Å². The summed E-state index contributed by atoms with van der Waals surface area (Å²) in [6.07, 6.45) is 1.60. The number of aliphatic hydroxyl groups is 1. The average molecular weight is 378 g/mol. The monoisotopic (exact) mass is 378 g/mol. The molecule has 0 radical (unpaired) electrons. The molecule has 2 heterocycles. The number of ether oxygens (including phenoxy) is 2. The van der Waals surface area contributed by atoms with Crippen LogP contribution in [0.15, 0.2) is 12.3 Å². The van der Waals surface area contributed by atoms with Crippen LogP contribution in [0.25, 0.3) is 11.0 Å². The Kier molecular flexibility index (Phi) is 6.07. The number of fused-ring (bicyclic) bond motifs is 1. The molecule has 0 fully saturated rings. The Balaban J connectivity index is 2.57. The fourth-order valence-electron chi connectivity index (χ4n) is 2.58. The number of carbonyl (C=O) groups excluding carboxylic acids is 2. The van der Waals surface area contributed by atoms with Crippen LogP contribution in [0, 0.1) is 0 Å². The van der Waals surface area contributed by atoms with Gasteiger partial charge < -0.3 is 29.8 Å². The van der Waals surface area contributed by atoms with Crippen LogP contribution >= 0.6 is 0 Å². The second kappa shape index (κ2) is 7.93. The number of pyridine rings is 1. The van der Waals surface area contributed by atoms with Gasteiger partial charge in [0.2, 0.25) is 5.91 Å². The Bertz CT molecular complexity index is 854. The van der Waals surface area contributed by atoms with Gasteiger partial charge in [0.25, 0.3) is 0 Å². The Hall–Kier alpha value is -2.65. The summed E-state index contributed by atoms with van der Waals surface area (Å²) in [7, 11) is 4.35. The van der Waals surface area contributed by atoms with E-state index in [9.17, 15) is 14.7 Å². The number of amides is 1. The third-order valence-electron chi connectivity index (χ3n) is 4.39. The van der Waals surface area contributed by atoms with Crippen molar-refractivity contribution < 1.29 is 24.2 Å². The number of esters is 1. The first-order chi connectivity index (χ1) is 12.6. The van der Waals surface area contributed by atoms with Crippen LogP contribution in [-0.2, 0) is 21.3 Å². The summed E-state index contributed by atoms with van der Waals surface area (Å²) < 4.78 is 11.3. The van der Waals surface area contributed by atoms with E-state index in [-0.39, 0.29) is 18.3 Å². The molecule has 0 spiro atoms. The molecule has 0 unspecified atom stereocenters. The minimum absolute atomic E-state index is 0.155. The molecule has 148 valence electrons. The lowest BCUT2D eigenvalue weighted by molar-refractivity contribution is -0.119. The highest BCUT2D eigenvalue weighted by Crippen LogP contribution is 2.32. The Morgan fingerprint density at radius 3 is 2.59 bits per heavy atom. The van der Waals surface area contributed by atoms with Gasteiger partial charge in [0.1, 0.15) is 12.3 Å². The smallest absolute Gasteiger partial charge is 0.356 e. The van der Waals surface area contributed by atoms with Gasteiger partial charge in [0.15, 0.2) is 5.69 Å². The lowest BCUT2D eigenvalue weighted by Crippen LogP contribution is -2.39. The van der Waals surface area contributed by atoms with Crippen LogP contribution in [0.2, 0.25) is 0 Å². The second-order valence-corrected chi connectivity index (χ2v) is 6.87. The number of methoxy groups -OCH3 is 2. The molecule has 2 aromatic rings. The quantitative estimate of drug-likeness (QED) is 0.626. The van der Waals surface area contributed by atoms with Crippen molar-refractivity contribution in [2.75, 3.05) is 31.5 Å². The van der Waals surface area contributed by atoms with Crippen molar-refractivity contribution in [1.82, 2.24) is 9.55 Å². The maximum Gasteiger partial charge on any atom is 0.356 e. The Morgan fingerprint density at radius 2 is 2.04 bits per heavy atom. The number of anilines is 2. The van der Waals surface area contributed by atoms with E-state index in [2.05, 4.69) is 15.6 Å². The summed E-state index contributed by atoms with van der Waals surface area (Å²) in [5.41, 5.74) is 0.676. The molecule has 0 aliphatic heterocycles. The lowest BCUT2D eigenvalue weighted by atomic mass is 10.0. The SMILES string of the molecule is COCC(=O)Nc1c(C(=O)OC)n(C)c2ncc(N[C@@H](C)C(C)(C)O)cc12. The van der Waals surface area contributed by atoms with E-state index in [1.165, 1.54) is 14.2 Å². The highest BCUT2D eigenvalue weighted by molar-refractivity contribution is 6.11. The molecule has 3 N–H and O–H groups in total. The molecule has 1 atom stereocenters. The molecule has 2 rings (SSSR count). The summed E-state index contributed by atoms with van der Waals surface area (Å²) in [5, 5.41) is 16.6. The number of hydrogen-bond donors (Lipinski definition) is 3. The van der Waals surface area contributed by atoms with Crippen molar-refractivity contribution in [2.45, 2.75) is 32.4 Å². The fraction of sp³-hybridized carbons (Fsp3) is 0.500. The molecule has 9 nitrogen and oxygen atoms in total. The molecule has 0 bridgehead atoms. The minimum atomic E-state index is -0.946. The molecule has 0 aromatic carbocycles. The molecule has 0 saturated carbocycles. The average Bonchev–Trinajstić information content (AvgIpc) is 2.85. The molecule has 0 aliphatic carbocycles. The summed E-state index contributed by atoms with van der Waals surface area (Å²) >= 11 is 0. The molecule has 27 heavy (non-hydrogen) atoms. The van der Waals surface area contributed by atoms with E-state index >= 15 is 0 Å². The molecular formula is C18H26N4O5. The normalized spacial score (nSPS) is 12.7. The zero-order chi connectivity index (χ0) is 20.4. The first-order valence-electron chi connectivity index (χ1n) is 8.44. The predicted octanol–water partition coefficient (Wildman–Crippen LogP) is 1.52. The maximum absolute atomic E-state index is 12.3. The summed E-state index contributed by atoms with van der Waals surface area (Å²) in [5.74, 6) is -0.999. The van der Waals surface area contributed by atoms with Gasteiger partial charge in [-0.2, -0.15) is 0 Å². The van der Waals surface area contributed by atoms with Gasteiger partial charge in [-0.05, 0) is 26.8 Å². The van der Waals surface area contributed by atoms with Gasteiger partial charge >= 0.3 is 5.97 Å². The van der Waals surface area contributed by atoms with E-state index in [0.717, 1.165) is 0 Å². The summed E-state index contributed by atoms with van der Waals surface area (Å²) in [6.45, 7) is 5.09. The Labute approximate surface area is 157 Å². The van der Waals surface area contributed by atoms with E-state index in [0.29, 0.717) is 22.4 Å². The molecule has 1 amide bonds. The fourth-order valence-corrected chi connectivity index (χ4v) is 2.58. The topological polar surface area (TPSA) is 115 Å². The van der Waals surface area contributed by atoms with E-state index in [1.54, 1.807) is 37.7 Å². The molecule has 0 saturated heterocycles. The molecule has 0 aliphatic rings. The lowest BCUT2D eigenvalue weighted by Gasteiger charge is -2.27. The highest BCUT2D eigenvalue weighted by atomic mass is 16.5. The number of carbonyl (C=O) groups is 2. The van der Waals surface area contributed by atoms with Gasteiger partial charge in [-0.15, -0.1) is 0 Å². The third kappa shape index (κ3) is 4.37. The number of nitrogens with zero attached hydrogens (tertiary/aromatic N) is 2. The predicted molar refractivity (Wildman–Crippen MR) is 102 cm³/mol. The van der Waals surface area contributed by atoms with Crippen molar-refractivity contribution in [3.8, 4) is 0 Å². The zero-order valence-electron chi connectivity index (χ0n) is 16.4. The number of rotatable bonds is 7. The van der Waals surface area contributed by atoms with Crippen molar-refractivity contribution in [3.63, 3.8) is 0 Å². The third-order valence-corrected chi connectivity index (χ3v) is 4.39. The summed E-state index contributed by atoms with van der Waals surface area (Å²) in [4.78, 5) is 28.7. The van der Waals surface area contributed by atoms with Crippen LogP contribution in [-0.4, -0.2) is 59.0 Å². The largest absolute Gasteiger partial charge is 0.464 e.